The summed E-state index contributed by atoms with van der Waals surface area (Å²) in [7, 11) is 1.90. The number of hydrogen-bond donors (Lipinski definition) is 0. The fourth-order valence-corrected chi connectivity index (χ4v) is 4.07. The molecule has 2 atom stereocenters. The molecule has 0 aromatic carbocycles. The van der Waals surface area contributed by atoms with Gasteiger partial charge >= 0.3 is 0 Å². The van der Waals surface area contributed by atoms with E-state index in [0.717, 1.165) is 13.0 Å². The predicted octanol–water partition coefficient (Wildman–Crippen LogP) is 0.869. The van der Waals surface area contributed by atoms with Gasteiger partial charge in [-0.05, 0) is 36.6 Å². The number of rotatable bonds is 5. The molecule has 1 spiro atoms. The van der Waals surface area contributed by atoms with Gasteiger partial charge in [0.15, 0.2) is 0 Å². The maximum atomic E-state index is 12.4. The lowest BCUT2D eigenvalue weighted by Gasteiger charge is -2.57. The van der Waals surface area contributed by atoms with Gasteiger partial charge in [-0.1, -0.05) is 12.8 Å². The Bertz CT molecular complexity index is 484. The van der Waals surface area contributed by atoms with Crippen molar-refractivity contribution in [2.75, 3.05) is 13.7 Å². The van der Waals surface area contributed by atoms with E-state index in [1.165, 1.54) is 36.7 Å². The predicted molar refractivity (Wildman–Crippen MR) is 75.3 cm³/mol. The summed E-state index contributed by atoms with van der Waals surface area (Å²) in [5, 5.41) is 10.9. The lowest BCUT2D eigenvalue weighted by atomic mass is 9.60. The molecule has 1 aromatic heterocycles. The third kappa shape index (κ3) is 2.43. The van der Waals surface area contributed by atoms with E-state index in [1.54, 1.807) is 0 Å². The number of aromatic nitrogens is 4. The fourth-order valence-electron chi connectivity index (χ4n) is 4.07. The van der Waals surface area contributed by atoms with Crippen molar-refractivity contribution in [1.29, 1.82) is 0 Å². The van der Waals surface area contributed by atoms with Crippen molar-refractivity contribution in [3.05, 3.63) is 6.33 Å². The molecule has 0 radical (unpaired) electrons. The smallest absolute Gasteiger partial charge is 0.244 e. The van der Waals surface area contributed by atoms with Crippen LogP contribution < -0.4 is 0 Å². The Morgan fingerprint density at radius 1 is 1.48 bits per heavy atom. The van der Waals surface area contributed by atoms with Gasteiger partial charge in [-0.3, -0.25) is 4.79 Å². The van der Waals surface area contributed by atoms with Crippen LogP contribution in [0.25, 0.3) is 0 Å². The molecule has 0 N–H and O–H groups in total. The number of likely N-dealkylation sites (N-methyl/N-ethyl adjacent to an activating group) is 1. The molecule has 0 bridgehead atoms. The van der Waals surface area contributed by atoms with Crippen molar-refractivity contribution in [3.63, 3.8) is 0 Å². The Morgan fingerprint density at radius 3 is 2.86 bits per heavy atom. The molecule has 0 aliphatic heterocycles. The van der Waals surface area contributed by atoms with Crippen LogP contribution in [0.1, 0.15) is 39.0 Å². The fraction of sp³-hybridized carbons (Fsp3) is 0.857. The Hall–Kier alpha value is -1.50. The second kappa shape index (κ2) is 5.71. The first-order valence-electron chi connectivity index (χ1n) is 7.75. The molecule has 0 saturated heterocycles. The molecule has 1 aromatic rings. The van der Waals surface area contributed by atoms with Crippen molar-refractivity contribution in [1.82, 2.24) is 25.1 Å². The summed E-state index contributed by atoms with van der Waals surface area (Å²) in [5.41, 5.74) is 0.182. The highest BCUT2D eigenvalue weighted by molar-refractivity contribution is 5.76. The summed E-state index contributed by atoms with van der Waals surface area (Å²) in [6.45, 7) is 3.00. The van der Waals surface area contributed by atoms with Crippen LogP contribution in [0.5, 0.6) is 0 Å². The average Bonchev–Trinajstić information content (AvgIpc) is 3.14. The minimum Gasteiger partial charge on any atom is -0.378 e. The number of carbonyl (C=O) groups excluding carboxylic acids is 1. The second-order valence-electron chi connectivity index (χ2n) is 6.15. The van der Waals surface area contributed by atoms with E-state index < -0.39 is 0 Å². The maximum absolute atomic E-state index is 12.4. The lowest BCUT2D eigenvalue weighted by Crippen LogP contribution is -2.64. The van der Waals surface area contributed by atoms with Gasteiger partial charge < -0.3 is 9.64 Å². The molecule has 7 nitrogen and oxygen atoms in total. The second-order valence-corrected chi connectivity index (χ2v) is 6.15. The van der Waals surface area contributed by atoms with E-state index in [4.69, 9.17) is 4.74 Å². The van der Waals surface area contributed by atoms with E-state index in [-0.39, 0.29) is 17.9 Å². The number of carbonyl (C=O) groups is 1. The van der Waals surface area contributed by atoms with Crippen LogP contribution in [0.4, 0.5) is 0 Å². The normalized spacial score (nSPS) is 26.8. The minimum absolute atomic E-state index is 0.0634. The highest BCUT2D eigenvalue weighted by Gasteiger charge is 2.58. The molecule has 7 heteroatoms. The summed E-state index contributed by atoms with van der Waals surface area (Å²) in [6.07, 6.45) is 7.57. The first-order chi connectivity index (χ1) is 10.2. The summed E-state index contributed by atoms with van der Waals surface area (Å²) in [6, 6.07) is 0.292. The Kier molecular flexibility index (Phi) is 3.93. The third-order valence-corrected chi connectivity index (χ3v) is 5.19. The van der Waals surface area contributed by atoms with Crippen molar-refractivity contribution in [3.8, 4) is 0 Å². The van der Waals surface area contributed by atoms with Gasteiger partial charge in [0.25, 0.3) is 0 Å². The summed E-state index contributed by atoms with van der Waals surface area (Å²) in [5.74, 6) is 0.0634. The number of nitrogens with zero attached hydrogens (tertiary/aromatic N) is 5. The number of hydrogen-bond acceptors (Lipinski definition) is 5. The minimum atomic E-state index is 0.0634. The molecule has 1 heterocycles. The van der Waals surface area contributed by atoms with E-state index in [1.807, 2.05) is 18.9 Å². The Morgan fingerprint density at radius 2 is 2.24 bits per heavy atom. The van der Waals surface area contributed by atoms with Crippen molar-refractivity contribution < 1.29 is 9.53 Å². The van der Waals surface area contributed by atoms with Crippen molar-refractivity contribution in [2.45, 2.75) is 57.7 Å². The molecule has 2 aliphatic carbocycles. The maximum Gasteiger partial charge on any atom is 0.244 e. The molecule has 2 fully saturated rings. The van der Waals surface area contributed by atoms with Crippen LogP contribution in [0.2, 0.25) is 0 Å². The highest BCUT2D eigenvalue weighted by atomic mass is 16.5. The zero-order valence-electron chi connectivity index (χ0n) is 12.7. The largest absolute Gasteiger partial charge is 0.378 e. The monoisotopic (exact) mass is 293 g/mol. The molecular weight excluding hydrogens is 270 g/mol. The highest BCUT2D eigenvalue weighted by Crippen LogP contribution is 2.56. The summed E-state index contributed by atoms with van der Waals surface area (Å²) >= 11 is 0. The van der Waals surface area contributed by atoms with E-state index in [2.05, 4.69) is 15.5 Å². The lowest BCUT2D eigenvalue weighted by molar-refractivity contribution is -0.172. The van der Waals surface area contributed by atoms with Crippen LogP contribution >= 0.6 is 0 Å². The Labute approximate surface area is 124 Å². The zero-order valence-corrected chi connectivity index (χ0v) is 12.7. The van der Waals surface area contributed by atoms with Crippen LogP contribution in [0.3, 0.4) is 0 Å². The first kappa shape index (κ1) is 14.4. The average molecular weight is 293 g/mol. The summed E-state index contributed by atoms with van der Waals surface area (Å²) in [4.78, 5) is 14.3. The Balaban J connectivity index is 1.67. The van der Waals surface area contributed by atoms with Crippen LogP contribution in [0.15, 0.2) is 6.33 Å². The van der Waals surface area contributed by atoms with E-state index >= 15 is 0 Å². The first-order valence-corrected chi connectivity index (χ1v) is 7.75. The van der Waals surface area contributed by atoms with Crippen molar-refractivity contribution >= 4 is 5.91 Å². The van der Waals surface area contributed by atoms with Crippen LogP contribution in [-0.4, -0.2) is 56.8 Å². The van der Waals surface area contributed by atoms with Gasteiger partial charge in [0.2, 0.25) is 5.91 Å². The van der Waals surface area contributed by atoms with Gasteiger partial charge in [-0.2, -0.15) is 0 Å². The van der Waals surface area contributed by atoms with Crippen LogP contribution in [0, 0.1) is 5.41 Å². The molecule has 116 valence electrons. The molecule has 2 saturated carbocycles. The summed E-state index contributed by atoms with van der Waals surface area (Å²) < 4.78 is 7.38. The third-order valence-electron chi connectivity index (χ3n) is 5.19. The molecule has 2 unspecified atom stereocenters. The number of tetrazole rings is 1. The molecule has 3 rings (SSSR count). The molecule has 1 amide bonds. The zero-order chi connectivity index (χ0) is 14.9. The number of amides is 1. The van der Waals surface area contributed by atoms with Crippen LogP contribution in [-0.2, 0) is 16.1 Å². The molecule has 2 aliphatic rings. The van der Waals surface area contributed by atoms with Gasteiger partial charge in [0.1, 0.15) is 12.9 Å². The van der Waals surface area contributed by atoms with Gasteiger partial charge in [0.05, 0.1) is 6.10 Å². The molecule has 21 heavy (non-hydrogen) atoms. The van der Waals surface area contributed by atoms with E-state index in [9.17, 15) is 4.79 Å². The molecular formula is C14H23N5O2. The topological polar surface area (TPSA) is 73.1 Å². The van der Waals surface area contributed by atoms with Gasteiger partial charge in [-0.25, -0.2) is 4.68 Å². The quantitative estimate of drug-likeness (QED) is 0.805. The standard InChI is InChI=1S/C14H23N5O2/c1-3-21-12-8-11(14(12)6-4-5-7-14)18(2)13(20)9-19-10-15-16-17-19/h10-12H,3-9H2,1-2H3. The van der Waals surface area contributed by atoms with Gasteiger partial charge in [-0.15, -0.1) is 5.10 Å². The number of ether oxygens (including phenoxy) is 1. The van der Waals surface area contributed by atoms with Crippen molar-refractivity contribution in [2.24, 2.45) is 5.41 Å². The van der Waals surface area contributed by atoms with Gasteiger partial charge in [0, 0.05) is 25.1 Å². The SMILES string of the molecule is CCOC1CC(N(C)C(=O)Cn2cnnn2)C12CCCC2. The van der Waals surface area contributed by atoms with E-state index in [0.29, 0.717) is 12.1 Å².